The van der Waals surface area contributed by atoms with E-state index in [1.165, 1.54) is 0 Å². The normalized spacial score (nSPS) is 9.27. The van der Waals surface area contributed by atoms with Gasteiger partial charge in [0.15, 0.2) is 0 Å². The lowest BCUT2D eigenvalue weighted by atomic mass is 9.73. The Kier molecular flexibility index (Phi) is 2.38. The van der Waals surface area contributed by atoms with E-state index in [-0.39, 0.29) is 0 Å². The van der Waals surface area contributed by atoms with Crippen LogP contribution in [0.3, 0.4) is 0 Å². The van der Waals surface area contributed by atoms with Crippen LogP contribution in [-0.4, -0.2) is 12.1 Å². The standard InChI is InChI=1S/C7H8BNO2/c1-6-4-2-3-5-7(6)8(10)9-11/h2-5,10H,1H3. The summed E-state index contributed by atoms with van der Waals surface area (Å²) < 4.78 is 0. The molecule has 11 heavy (non-hydrogen) atoms. The molecule has 1 rings (SSSR count). The number of hydrogen-bond acceptors (Lipinski definition) is 3. The maximum Gasteiger partial charge on any atom is 0.517 e. The minimum Gasteiger partial charge on any atom is -0.425 e. The second-order valence-corrected chi connectivity index (χ2v) is 2.34. The largest absolute Gasteiger partial charge is 0.517 e. The summed E-state index contributed by atoms with van der Waals surface area (Å²) in [6.07, 6.45) is 0. The van der Waals surface area contributed by atoms with Crippen molar-refractivity contribution in [3.63, 3.8) is 0 Å². The fourth-order valence-corrected chi connectivity index (χ4v) is 0.933. The van der Waals surface area contributed by atoms with E-state index in [1.54, 1.807) is 12.1 Å². The Hall–Kier alpha value is -1.16. The zero-order valence-electron chi connectivity index (χ0n) is 6.19. The molecule has 0 unspecified atom stereocenters. The number of hydrogen-bond donors (Lipinski definition) is 1. The number of aryl methyl sites for hydroxylation is 1. The van der Waals surface area contributed by atoms with Crippen molar-refractivity contribution in [3.8, 4) is 0 Å². The minimum absolute atomic E-state index is 0.572. The molecule has 0 amide bonds. The first-order valence-electron chi connectivity index (χ1n) is 3.31. The molecule has 0 aliphatic rings. The number of rotatable bonds is 2. The molecule has 1 aromatic carbocycles. The van der Waals surface area contributed by atoms with Crippen LogP contribution < -0.4 is 5.46 Å². The van der Waals surface area contributed by atoms with Crippen LogP contribution >= 0.6 is 0 Å². The molecule has 4 heteroatoms. The summed E-state index contributed by atoms with van der Waals surface area (Å²) in [6, 6.07) is 7.11. The molecule has 0 fully saturated rings. The summed E-state index contributed by atoms with van der Waals surface area (Å²) in [5, 5.41) is 11.6. The van der Waals surface area contributed by atoms with Crippen molar-refractivity contribution < 1.29 is 5.02 Å². The molecule has 0 saturated heterocycles. The Morgan fingerprint density at radius 1 is 1.45 bits per heavy atom. The number of nitrogens with zero attached hydrogens (tertiary/aromatic N) is 1. The lowest BCUT2D eigenvalue weighted by Crippen LogP contribution is -2.29. The van der Waals surface area contributed by atoms with Gasteiger partial charge in [-0.05, 0) is 12.4 Å². The zero-order valence-corrected chi connectivity index (χ0v) is 6.19. The van der Waals surface area contributed by atoms with E-state index < -0.39 is 7.05 Å². The molecule has 0 aliphatic heterocycles. The van der Waals surface area contributed by atoms with E-state index in [4.69, 9.17) is 5.02 Å². The van der Waals surface area contributed by atoms with Gasteiger partial charge in [-0.3, -0.25) is 0 Å². The van der Waals surface area contributed by atoms with Crippen LogP contribution in [0.4, 0.5) is 0 Å². The van der Waals surface area contributed by atoms with Crippen molar-refractivity contribution in [2.45, 2.75) is 6.92 Å². The highest BCUT2D eigenvalue weighted by molar-refractivity contribution is 6.64. The van der Waals surface area contributed by atoms with Gasteiger partial charge >= 0.3 is 7.05 Å². The van der Waals surface area contributed by atoms with Gasteiger partial charge in [-0.15, -0.1) is 0 Å². The molecule has 0 heterocycles. The molecule has 1 N–H and O–H groups in total. The Bertz CT molecular complexity index is 264. The highest BCUT2D eigenvalue weighted by Gasteiger charge is 2.16. The zero-order chi connectivity index (χ0) is 8.27. The lowest BCUT2D eigenvalue weighted by Gasteiger charge is -2.00. The Morgan fingerprint density at radius 2 is 2.09 bits per heavy atom. The van der Waals surface area contributed by atoms with E-state index in [0.29, 0.717) is 5.46 Å². The SMILES string of the molecule is Cc1ccccc1B(O)N=O. The van der Waals surface area contributed by atoms with Crippen LogP contribution in [0.15, 0.2) is 29.4 Å². The van der Waals surface area contributed by atoms with Crippen molar-refractivity contribution in [2.24, 2.45) is 5.09 Å². The fourth-order valence-electron chi connectivity index (χ4n) is 0.933. The molecule has 56 valence electrons. The van der Waals surface area contributed by atoms with Crippen LogP contribution in [0.1, 0.15) is 5.56 Å². The Balaban J connectivity index is 3.02. The van der Waals surface area contributed by atoms with E-state index >= 15 is 0 Å². The quantitative estimate of drug-likeness (QED) is 0.490. The average Bonchev–Trinajstić information content (AvgIpc) is 2.04. The summed E-state index contributed by atoms with van der Waals surface area (Å²) in [6.45, 7) is 1.82. The number of nitroso groups, excluding NO2 is 1. The third kappa shape index (κ3) is 1.65. The van der Waals surface area contributed by atoms with Crippen molar-refractivity contribution in [2.75, 3.05) is 0 Å². The van der Waals surface area contributed by atoms with Gasteiger partial charge in [0.1, 0.15) is 0 Å². The maximum atomic E-state index is 9.96. The smallest absolute Gasteiger partial charge is 0.425 e. The predicted molar refractivity (Wildman–Crippen MR) is 44.6 cm³/mol. The minimum atomic E-state index is -1.23. The van der Waals surface area contributed by atoms with Crippen molar-refractivity contribution >= 4 is 12.5 Å². The second kappa shape index (κ2) is 3.30. The summed E-state index contributed by atoms with van der Waals surface area (Å²) in [4.78, 5) is 9.96. The van der Waals surface area contributed by atoms with E-state index in [9.17, 15) is 4.91 Å². The van der Waals surface area contributed by atoms with Crippen LogP contribution in [0.5, 0.6) is 0 Å². The van der Waals surface area contributed by atoms with Gasteiger partial charge < -0.3 is 5.02 Å². The summed E-state index contributed by atoms with van der Waals surface area (Å²) in [5.41, 5.74) is 1.45. The van der Waals surface area contributed by atoms with Crippen LogP contribution in [-0.2, 0) is 0 Å². The Morgan fingerprint density at radius 3 is 2.64 bits per heavy atom. The monoisotopic (exact) mass is 149 g/mol. The average molecular weight is 149 g/mol. The third-order valence-electron chi connectivity index (χ3n) is 1.57. The molecule has 3 nitrogen and oxygen atoms in total. The van der Waals surface area contributed by atoms with Crippen LogP contribution in [0.25, 0.3) is 0 Å². The van der Waals surface area contributed by atoms with Crippen molar-refractivity contribution in [1.29, 1.82) is 0 Å². The van der Waals surface area contributed by atoms with E-state index in [0.717, 1.165) is 5.56 Å². The summed E-state index contributed by atoms with van der Waals surface area (Å²) in [7, 11) is -1.23. The summed E-state index contributed by atoms with van der Waals surface area (Å²) in [5.74, 6) is 0. The molecule has 0 aromatic heterocycles. The molecule has 0 bridgehead atoms. The molecule has 1 aromatic rings. The molecule has 0 aliphatic carbocycles. The van der Waals surface area contributed by atoms with Gasteiger partial charge in [-0.1, -0.05) is 34.9 Å². The molecule has 0 atom stereocenters. The summed E-state index contributed by atoms with van der Waals surface area (Å²) >= 11 is 0. The third-order valence-corrected chi connectivity index (χ3v) is 1.57. The highest BCUT2D eigenvalue weighted by Crippen LogP contribution is 1.94. The van der Waals surface area contributed by atoms with Gasteiger partial charge in [-0.2, -0.15) is 4.91 Å². The second-order valence-electron chi connectivity index (χ2n) is 2.34. The predicted octanol–water partition coefficient (Wildman–Crippen LogP) is 0.449. The molecule has 0 radical (unpaired) electrons. The molecule has 0 spiro atoms. The van der Waals surface area contributed by atoms with Gasteiger partial charge in [0, 0.05) is 0 Å². The first-order chi connectivity index (χ1) is 5.25. The van der Waals surface area contributed by atoms with E-state index in [2.05, 4.69) is 5.09 Å². The maximum absolute atomic E-state index is 9.96. The first-order valence-corrected chi connectivity index (χ1v) is 3.31. The van der Waals surface area contributed by atoms with Crippen molar-refractivity contribution in [3.05, 3.63) is 34.7 Å². The Labute approximate surface area is 65.2 Å². The first kappa shape index (κ1) is 7.95. The fraction of sp³-hybridized carbons (Fsp3) is 0.143. The molecular weight excluding hydrogens is 141 g/mol. The van der Waals surface area contributed by atoms with E-state index in [1.807, 2.05) is 19.1 Å². The van der Waals surface area contributed by atoms with Gasteiger partial charge in [0.25, 0.3) is 0 Å². The van der Waals surface area contributed by atoms with Crippen LogP contribution in [0.2, 0.25) is 0 Å². The van der Waals surface area contributed by atoms with Gasteiger partial charge in [0.2, 0.25) is 0 Å². The molecular formula is C7H8BNO2. The number of benzene rings is 1. The topological polar surface area (TPSA) is 49.7 Å². The van der Waals surface area contributed by atoms with Gasteiger partial charge in [0.05, 0.1) is 0 Å². The van der Waals surface area contributed by atoms with Crippen LogP contribution in [0, 0.1) is 11.8 Å². The lowest BCUT2D eigenvalue weighted by molar-refractivity contribution is 0.587. The molecule has 0 saturated carbocycles. The van der Waals surface area contributed by atoms with Crippen molar-refractivity contribution in [1.82, 2.24) is 0 Å². The van der Waals surface area contributed by atoms with Gasteiger partial charge in [-0.25, -0.2) is 0 Å². The highest BCUT2D eigenvalue weighted by atomic mass is 16.3.